The van der Waals surface area contributed by atoms with Crippen molar-refractivity contribution in [1.29, 1.82) is 0 Å². The third-order valence-electron chi connectivity index (χ3n) is 5.13. The van der Waals surface area contributed by atoms with Crippen LogP contribution in [0.2, 0.25) is 0 Å². The van der Waals surface area contributed by atoms with Crippen LogP contribution in [-0.4, -0.2) is 49.0 Å². The van der Waals surface area contributed by atoms with Crippen LogP contribution in [0.25, 0.3) is 16.7 Å². The summed E-state index contributed by atoms with van der Waals surface area (Å²) in [4.78, 5) is 8.80. The molecule has 0 bridgehead atoms. The van der Waals surface area contributed by atoms with Crippen LogP contribution in [0.5, 0.6) is 0 Å². The zero-order valence-electron chi connectivity index (χ0n) is 14.6. The highest BCUT2D eigenvalue weighted by Gasteiger charge is 2.39. The monoisotopic (exact) mass is 368 g/mol. The van der Waals surface area contributed by atoms with Crippen LogP contribution in [0, 0.1) is 0 Å². The van der Waals surface area contributed by atoms with E-state index in [0.29, 0.717) is 11.3 Å². The number of aliphatic hydroxyl groups is 2. The normalized spacial score (nSPS) is 23.3. The second kappa shape index (κ2) is 6.65. The number of hydrogen-bond donors (Lipinski definition) is 2. The Balaban J connectivity index is 1.35. The van der Waals surface area contributed by atoms with E-state index >= 15 is 0 Å². The van der Waals surface area contributed by atoms with Gasteiger partial charge >= 0.3 is 0 Å². The number of aliphatic hydroxyl groups excluding tert-OH is 2. The lowest BCUT2D eigenvalue weighted by Crippen LogP contribution is -2.24. The average Bonchev–Trinajstić information content (AvgIpc) is 3.23. The molecule has 3 aromatic rings. The predicted molar refractivity (Wildman–Crippen MR) is 95.0 cm³/mol. The van der Waals surface area contributed by atoms with Gasteiger partial charge in [-0.1, -0.05) is 0 Å². The molecule has 3 atom stereocenters. The van der Waals surface area contributed by atoms with E-state index in [1.807, 2.05) is 12.1 Å². The molecule has 1 aliphatic carbocycles. The van der Waals surface area contributed by atoms with Crippen molar-refractivity contribution < 1.29 is 19.7 Å². The second-order valence-electron chi connectivity index (χ2n) is 7.03. The zero-order valence-corrected chi connectivity index (χ0v) is 14.6. The zero-order chi connectivity index (χ0) is 18.4. The van der Waals surface area contributed by atoms with Crippen LogP contribution in [0.1, 0.15) is 42.7 Å². The standard InChI is InChI=1S/C19H20N4O4/c24-16(10-26-14-2-1-3-14)11-6-12-8-22-23(18(12)21-7-11)13-4-5-15(20-9-13)17-19(25)27-17/h4-9,14,16-17,19,24-25H,1-3,10H2/t16-,17?,19?/m0/s1. The topological polar surface area (TPSA) is 106 Å². The molecule has 1 aliphatic heterocycles. The Morgan fingerprint density at radius 3 is 2.74 bits per heavy atom. The number of pyridine rings is 2. The molecule has 1 saturated heterocycles. The lowest BCUT2D eigenvalue weighted by atomic mass is 9.96. The van der Waals surface area contributed by atoms with Crippen LogP contribution in [0.4, 0.5) is 0 Å². The molecule has 2 aliphatic rings. The molecule has 2 unspecified atom stereocenters. The Kier molecular flexibility index (Phi) is 4.13. The Morgan fingerprint density at radius 1 is 1.22 bits per heavy atom. The summed E-state index contributed by atoms with van der Waals surface area (Å²) in [5.74, 6) is 0. The fourth-order valence-electron chi connectivity index (χ4n) is 3.18. The molecule has 0 aromatic carbocycles. The molecule has 140 valence electrons. The van der Waals surface area contributed by atoms with Gasteiger partial charge in [0.25, 0.3) is 0 Å². The molecule has 5 rings (SSSR count). The van der Waals surface area contributed by atoms with E-state index < -0.39 is 12.4 Å². The molecular weight excluding hydrogens is 348 g/mol. The number of epoxide rings is 1. The highest BCUT2D eigenvalue weighted by atomic mass is 16.7. The van der Waals surface area contributed by atoms with Crippen molar-refractivity contribution in [2.45, 2.75) is 43.9 Å². The van der Waals surface area contributed by atoms with Gasteiger partial charge < -0.3 is 19.7 Å². The van der Waals surface area contributed by atoms with Gasteiger partial charge in [-0.25, -0.2) is 9.67 Å². The first kappa shape index (κ1) is 16.8. The van der Waals surface area contributed by atoms with Crippen LogP contribution in [0.3, 0.4) is 0 Å². The van der Waals surface area contributed by atoms with Crippen LogP contribution in [0.15, 0.2) is 36.8 Å². The summed E-state index contributed by atoms with van der Waals surface area (Å²) >= 11 is 0. The van der Waals surface area contributed by atoms with Gasteiger partial charge in [0.1, 0.15) is 6.10 Å². The fraction of sp³-hybridized carbons (Fsp3) is 0.421. The molecule has 0 radical (unpaired) electrons. The lowest BCUT2D eigenvalue weighted by molar-refractivity contribution is -0.0427. The summed E-state index contributed by atoms with van der Waals surface area (Å²) in [5, 5.41) is 24.9. The van der Waals surface area contributed by atoms with Crippen molar-refractivity contribution in [3.05, 3.63) is 48.0 Å². The van der Waals surface area contributed by atoms with E-state index in [1.54, 1.807) is 29.3 Å². The highest BCUT2D eigenvalue weighted by molar-refractivity contribution is 5.76. The van der Waals surface area contributed by atoms with E-state index in [0.717, 1.165) is 29.5 Å². The Morgan fingerprint density at radius 2 is 2.07 bits per heavy atom. The van der Waals surface area contributed by atoms with E-state index in [9.17, 15) is 10.2 Å². The molecule has 2 fully saturated rings. The SMILES string of the molecule is OC1OC1c1ccc(-n2ncc3cc([C@@H](O)COC4CCC4)cnc32)cn1. The number of fused-ring (bicyclic) bond motifs is 1. The molecule has 0 spiro atoms. The number of ether oxygens (including phenoxy) is 2. The number of aromatic nitrogens is 4. The van der Waals surface area contributed by atoms with E-state index in [1.165, 1.54) is 6.42 Å². The quantitative estimate of drug-likeness (QED) is 0.639. The first-order valence-corrected chi connectivity index (χ1v) is 9.12. The minimum absolute atomic E-state index is 0.284. The molecular formula is C19H20N4O4. The smallest absolute Gasteiger partial charge is 0.188 e. The average molecular weight is 368 g/mol. The molecule has 4 heterocycles. The molecule has 27 heavy (non-hydrogen) atoms. The minimum Gasteiger partial charge on any atom is -0.386 e. The van der Waals surface area contributed by atoms with Crippen molar-refractivity contribution in [3.8, 4) is 5.69 Å². The molecule has 1 saturated carbocycles. The summed E-state index contributed by atoms with van der Waals surface area (Å²) in [6.07, 6.45) is 6.91. The first-order chi connectivity index (χ1) is 13.2. The first-order valence-electron chi connectivity index (χ1n) is 9.12. The minimum atomic E-state index is -0.756. The summed E-state index contributed by atoms with van der Waals surface area (Å²) in [7, 11) is 0. The van der Waals surface area contributed by atoms with Crippen molar-refractivity contribution >= 4 is 11.0 Å². The highest BCUT2D eigenvalue weighted by Crippen LogP contribution is 2.35. The van der Waals surface area contributed by atoms with Gasteiger partial charge in [-0.15, -0.1) is 0 Å². The maximum atomic E-state index is 10.3. The summed E-state index contributed by atoms with van der Waals surface area (Å²) in [6, 6.07) is 5.55. The van der Waals surface area contributed by atoms with Gasteiger partial charge in [-0.05, 0) is 37.5 Å². The van der Waals surface area contributed by atoms with Crippen molar-refractivity contribution in [1.82, 2.24) is 19.7 Å². The number of rotatable bonds is 6. The summed E-state index contributed by atoms with van der Waals surface area (Å²) in [6.45, 7) is 0.284. The second-order valence-corrected chi connectivity index (χ2v) is 7.03. The Hall–Kier alpha value is -2.39. The van der Waals surface area contributed by atoms with Gasteiger partial charge in [-0.2, -0.15) is 5.10 Å². The van der Waals surface area contributed by atoms with E-state index in [-0.39, 0.29) is 18.8 Å². The molecule has 3 aromatic heterocycles. The van der Waals surface area contributed by atoms with Crippen LogP contribution < -0.4 is 0 Å². The van der Waals surface area contributed by atoms with Gasteiger partial charge in [0.2, 0.25) is 0 Å². The summed E-state index contributed by atoms with van der Waals surface area (Å²) < 4.78 is 12.4. The van der Waals surface area contributed by atoms with Gasteiger partial charge in [0, 0.05) is 17.1 Å². The fourth-order valence-corrected chi connectivity index (χ4v) is 3.18. The third-order valence-corrected chi connectivity index (χ3v) is 5.13. The van der Waals surface area contributed by atoms with E-state index in [2.05, 4.69) is 15.1 Å². The molecule has 8 heteroatoms. The molecule has 8 nitrogen and oxygen atoms in total. The summed E-state index contributed by atoms with van der Waals surface area (Å²) in [5.41, 5.74) is 2.85. The van der Waals surface area contributed by atoms with Crippen LogP contribution in [-0.2, 0) is 9.47 Å². The predicted octanol–water partition coefficient (Wildman–Crippen LogP) is 1.81. The van der Waals surface area contributed by atoms with Crippen LogP contribution >= 0.6 is 0 Å². The van der Waals surface area contributed by atoms with Crippen molar-refractivity contribution in [2.75, 3.05) is 6.61 Å². The van der Waals surface area contributed by atoms with Crippen molar-refractivity contribution in [2.24, 2.45) is 0 Å². The maximum Gasteiger partial charge on any atom is 0.188 e. The lowest BCUT2D eigenvalue weighted by Gasteiger charge is -2.26. The Labute approximate surface area is 155 Å². The number of hydrogen-bond acceptors (Lipinski definition) is 7. The maximum absolute atomic E-state index is 10.3. The van der Waals surface area contributed by atoms with Crippen molar-refractivity contribution in [3.63, 3.8) is 0 Å². The van der Waals surface area contributed by atoms with Gasteiger partial charge in [-0.3, -0.25) is 4.98 Å². The van der Waals surface area contributed by atoms with E-state index in [4.69, 9.17) is 9.47 Å². The number of nitrogens with zero attached hydrogens (tertiary/aromatic N) is 4. The van der Waals surface area contributed by atoms with Gasteiger partial charge in [0.15, 0.2) is 18.0 Å². The Bertz CT molecular complexity index is 954. The van der Waals surface area contributed by atoms with Gasteiger partial charge in [0.05, 0.1) is 36.5 Å². The molecule has 0 amide bonds. The molecule has 2 N–H and O–H groups in total. The third kappa shape index (κ3) is 3.21. The largest absolute Gasteiger partial charge is 0.386 e.